The van der Waals surface area contributed by atoms with Gasteiger partial charge in [0, 0.05) is 43.7 Å². The predicted molar refractivity (Wildman–Crippen MR) is 121 cm³/mol. The second-order valence-electron chi connectivity index (χ2n) is 8.09. The molecule has 2 aliphatic rings. The minimum Gasteiger partial charge on any atom is -0.475 e. The summed E-state index contributed by atoms with van der Waals surface area (Å²) < 4.78 is 69.6. The largest absolute Gasteiger partial charge is 0.490 e. The van der Waals surface area contributed by atoms with Crippen molar-refractivity contribution >= 4 is 29.6 Å². The number of aromatic nitrogens is 2. The number of carbonyl (C=O) groups is 3. The maximum Gasteiger partial charge on any atom is 0.490 e. The highest BCUT2D eigenvalue weighted by Crippen LogP contribution is 2.46. The lowest BCUT2D eigenvalue weighted by molar-refractivity contribution is -0.193. The van der Waals surface area contributed by atoms with Crippen LogP contribution in [-0.4, -0.2) is 85.0 Å². The number of hydrogen-bond acceptors (Lipinski definition) is 7. The number of aryl methyl sites for hydroxylation is 1. The van der Waals surface area contributed by atoms with Crippen molar-refractivity contribution in [3.8, 4) is 5.88 Å². The van der Waals surface area contributed by atoms with Gasteiger partial charge in [-0.05, 0) is 30.7 Å². The van der Waals surface area contributed by atoms with E-state index in [1.807, 2.05) is 53.9 Å². The van der Waals surface area contributed by atoms with Gasteiger partial charge in [-0.2, -0.15) is 26.3 Å². The molecule has 0 saturated carbocycles. The quantitative estimate of drug-likeness (QED) is 0.530. The zero-order valence-corrected chi connectivity index (χ0v) is 20.3. The van der Waals surface area contributed by atoms with E-state index in [9.17, 15) is 31.1 Å². The molecule has 208 valence electrons. The Labute approximate surface area is 215 Å². The molecule has 2 saturated heterocycles. The van der Waals surface area contributed by atoms with Gasteiger partial charge in [-0.1, -0.05) is 6.07 Å². The normalized spacial score (nSPS) is 17.8. The number of rotatable bonds is 3. The second-order valence-corrected chi connectivity index (χ2v) is 9.58. The van der Waals surface area contributed by atoms with Crippen LogP contribution >= 0.6 is 11.8 Å². The average Bonchev–Trinajstić information content (AvgIpc) is 3.22. The fourth-order valence-corrected chi connectivity index (χ4v) is 4.82. The molecule has 2 fully saturated rings. The first-order valence-corrected chi connectivity index (χ1v) is 11.5. The van der Waals surface area contributed by atoms with Crippen LogP contribution in [0.3, 0.4) is 0 Å². The number of aliphatic carboxylic acids is 2. The first-order chi connectivity index (χ1) is 17.5. The van der Waals surface area contributed by atoms with E-state index in [0.717, 1.165) is 30.8 Å². The molecule has 0 bridgehead atoms. The molecule has 0 aliphatic carbocycles. The van der Waals surface area contributed by atoms with Gasteiger partial charge in [-0.25, -0.2) is 14.6 Å². The summed E-state index contributed by atoms with van der Waals surface area (Å²) in [7, 11) is 0. The molecular weight excluding hydrogens is 548 g/mol. The molecule has 4 rings (SSSR count). The first kappa shape index (κ1) is 30.7. The van der Waals surface area contributed by atoms with Crippen molar-refractivity contribution in [1.29, 1.82) is 0 Å². The SMILES string of the molecule is Cc1ccnc(C(=O)N2CC3(CC(Oc4ccccn4)CS3)C2)c1.O=C(O)C(F)(F)F.O=C(O)C(F)(F)F. The van der Waals surface area contributed by atoms with E-state index in [0.29, 0.717) is 11.6 Å². The minimum atomic E-state index is -5.08. The van der Waals surface area contributed by atoms with Gasteiger partial charge in [0.25, 0.3) is 5.91 Å². The van der Waals surface area contributed by atoms with E-state index >= 15 is 0 Å². The van der Waals surface area contributed by atoms with Crippen LogP contribution in [0, 0.1) is 6.92 Å². The number of thioether (sulfide) groups is 1. The van der Waals surface area contributed by atoms with E-state index in [4.69, 9.17) is 24.5 Å². The van der Waals surface area contributed by atoms with Crippen molar-refractivity contribution in [3.63, 3.8) is 0 Å². The van der Waals surface area contributed by atoms with Crippen LogP contribution in [0.25, 0.3) is 0 Å². The highest BCUT2D eigenvalue weighted by molar-refractivity contribution is 8.01. The standard InChI is InChI=1S/C18H19N3O2S.2C2HF3O2/c1-13-5-7-19-15(8-13)17(22)21-11-18(12-21)9-14(10-24-18)23-16-4-2-3-6-20-16;2*3-2(4,5)1(6)7/h2-8,14H,9-12H2,1H3;2*(H,6,7). The molecule has 1 atom stereocenters. The summed E-state index contributed by atoms with van der Waals surface area (Å²) >= 11 is 1.91. The molecule has 16 heteroatoms. The Morgan fingerprint density at radius 1 is 1.00 bits per heavy atom. The Bertz CT molecular complexity index is 1100. The number of nitrogens with zero attached hydrogens (tertiary/aromatic N) is 3. The van der Waals surface area contributed by atoms with Crippen LogP contribution in [-0.2, 0) is 9.59 Å². The van der Waals surface area contributed by atoms with Crippen molar-refractivity contribution in [2.75, 3.05) is 18.8 Å². The van der Waals surface area contributed by atoms with E-state index in [-0.39, 0.29) is 16.8 Å². The van der Waals surface area contributed by atoms with Crippen molar-refractivity contribution < 1.29 is 55.7 Å². The van der Waals surface area contributed by atoms with Gasteiger partial charge >= 0.3 is 24.3 Å². The average molecular weight is 569 g/mol. The summed E-state index contributed by atoms with van der Waals surface area (Å²) in [6, 6.07) is 9.45. The summed E-state index contributed by atoms with van der Waals surface area (Å²) in [5.74, 6) is -3.86. The molecule has 38 heavy (non-hydrogen) atoms. The summed E-state index contributed by atoms with van der Waals surface area (Å²) in [5, 5.41) is 14.2. The van der Waals surface area contributed by atoms with E-state index in [2.05, 4.69) is 9.97 Å². The number of alkyl halides is 6. The molecular formula is C22H21F6N3O6S. The third-order valence-corrected chi connectivity index (χ3v) is 6.54. The molecule has 9 nitrogen and oxygen atoms in total. The van der Waals surface area contributed by atoms with Crippen LogP contribution in [0.5, 0.6) is 5.88 Å². The molecule has 0 aromatic carbocycles. The van der Waals surface area contributed by atoms with Crippen LogP contribution in [0.4, 0.5) is 26.3 Å². The number of pyridine rings is 2. The van der Waals surface area contributed by atoms with Crippen molar-refractivity contribution in [3.05, 3.63) is 54.0 Å². The zero-order valence-electron chi connectivity index (χ0n) is 19.5. The lowest BCUT2D eigenvalue weighted by atomic mass is 9.92. The van der Waals surface area contributed by atoms with Gasteiger partial charge < -0.3 is 19.8 Å². The topological polar surface area (TPSA) is 130 Å². The van der Waals surface area contributed by atoms with Crippen molar-refractivity contribution in [2.45, 2.75) is 36.5 Å². The Balaban J connectivity index is 0.000000301. The van der Waals surface area contributed by atoms with Crippen molar-refractivity contribution in [1.82, 2.24) is 14.9 Å². The minimum absolute atomic E-state index is 0.0269. The molecule has 1 spiro atoms. The number of carbonyl (C=O) groups excluding carboxylic acids is 1. The van der Waals surface area contributed by atoms with E-state index in [1.165, 1.54) is 0 Å². The predicted octanol–water partition coefficient (Wildman–Crippen LogP) is 3.83. The first-order valence-electron chi connectivity index (χ1n) is 10.6. The van der Waals surface area contributed by atoms with Crippen molar-refractivity contribution in [2.24, 2.45) is 0 Å². The number of amides is 1. The van der Waals surface area contributed by atoms with E-state index in [1.54, 1.807) is 12.4 Å². The third-order valence-electron chi connectivity index (χ3n) is 4.97. The van der Waals surface area contributed by atoms with Gasteiger partial charge in [0.05, 0.1) is 4.75 Å². The summed E-state index contributed by atoms with van der Waals surface area (Å²) in [4.78, 5) is 40.6. The Kier molecular flexibility index (Phi) is 9.94. The Morgan fingerprint density at radius 3 is 2.05 bits per heavy atom. The molecule has 4 heterocycles. The number of carboxylic acids is 2. The maximum atomic E-state index is 12.5. The lowest BCUT2D eigenvalue weighted by Gasteiger charge is -2.47. The number of hydrogen-bond donors (Lipinski definition) is 2. The van der Waals surface area contributed by atoms with Crippen LogP contribution < -0.4 is 4.74 Å². The molecule has 0 radical (unpaired) electrons. The number of carboxylic acid groups (broad SMARTS) is 2. The molecule has 2 aromatic heterocycles. The molecule has 1 amide bonds. The fourth-order valence-electron chi connectivity index (χ4n) is 3.29. The Hall–Kier alpha value is -3.56. The monoisotopic (exact) mass is 569 g/mol. The number of likely N-dealkylation sites (tertiary alicyclic amines) is 1. The van der Waals surface area contributed by atoms with E-state index < -0.39 is 24.3 Å². The van der Waals surface area contributed by atoms with Gasteiger partial charge in [0.1, 0.15) is 11.8 Å². The van der Waals surface area contributed by atoms with Gasteiger partial charge in [-0.3, -0.25) is 9.78 Å². The van der Waals surface area contributed by atoms with Crippen LogP contribution in [0.2, 0.25) is 0 Å². The number of ether oxygens (including phenoxy) is 1. The fraction of sp³-hybridized carbons (Fsp3) is 0.409. The zero-order chi connectivity index (χ0) is 28.7. The number of halogens is 6. The summed E-state index contributed by atoms with van der Waals surface area (Å²) in [5.41, 5.74) is 1.59. The van der Waals surface area contributed by atoms with Gasteiger partial charge in [-0.15, -0.1) is 11.8 Å². The third kappa shape index (κ3) is 9.08. The highest BCUT2D eigenvalue weighted by atomic mass is 32.2. The van der Waals surface area contributed by atoms with Crippen LogP contribution in [0.15, 0.2) is 42.7 Å². The molecule has 2 aliphatic heterocycles. The maximum absolute atomic E-state index is 12.5. The summed E-state index contributed by atoms with van der Waals surface area (Å²) in [6.45, 7) is 3.52. The van der Waals surface area contributed by atoms with Gasteiger partial charge in [0.15, 0.2) is 0 Å². The Morgan fingerprint density at radius 2 is 1.58 bits per heavy atom. The lowest BCUT2D eigenvalue weighted by Crippen LogP contribution is -2.61. The van der Waals surface area contributed by atoms with Gasteiger partial charge in [0.2, 0.25) is 5.88 Å². The molecule has 1 unspecified atom stereocenters. The second kappa shape index (κ2) is 12.3. The highest BCUT2D eigenvalue weighted by Gasteiger charge is 2.51. The summed E-state index contributed by atoms with van der Waals surface area (Å²) in [6.07, 6.45) is -5.61. The smallest absolute Gasteiger partial charge is 0.475 e. The molecule has 2 N–H and O–H groups in total. The molecule has 2 aromatic rings. The van der Waals surface area contributed by atoms with Crippen LogP contribution in [0.1, 0.15) is 22.5 Å².